The zero-order valence-electron chi connectivity index (χ0n) is 8.05. The van der Waals surface area contributed by atoms with Gasteiger partial charge in [0, 0.05) is 6.61 Å². The highest BCUT2D eigenvalue weighted by Crippen LogP contribution is 2.19. The van der Waals surface area contributed by atoms with Gasteiger partial charge in [-0.3, -0.25) is 0 Å². The fourth-order valence-electron chi connectivity index (χ4n) is 1.32. The molecule has 4 nitrogen and oxygen atoms in total. The Bertz CT molecular complexity index is 395. The Morgan fingerprint density at radius 2 is 2.27 bits per heavy atom. The molecule has 1 rings (SSSR count). The normalized spacial score (nSPS) is 11.7. The molecule has 0 saturated carbocycles. The van der Waals surface area contributed by atoms with Crippen LogP contribution in [0.15, 0.2) is 24.3 Å². The highest BCUT2D eigenvalue weighted by atomic mass is 16.4. The molecule has 4 heteroatoms. The number of carbonyl (C=O) groups is 1. The van der Waals surface area contributed by atoms with Crippen molar-refractivity contribution in [3.05, 3.63) is 35.4 Å². The van der Waals surface area contributed by atoms with E-state index in [1.807, 2.05) is 6.07 Å². The molecule has 1 unspecified atom stereocenters. The van der Waals surface area contributed by atoms with Crippen LogP contribution in [-0.4, -0.2) is 22.8 Å². The highest BCUT2D eigenvalue weighted by molar-refractivity contribution is 5.87. The number of benzene rings is 1. The molecule has 0 aromatic heterocycles. The van der Waals surface area contributed by atoms with Gasteiger partial charge in [0.15, 0.2) is 0 Å². The van der Waals surface area contributed by atoms with Gasteiger partial charge in [0.05, 0.1) is 17.6 Å². The summed E-state index contributed by atoms with van der Waals surface area (Å²) in [6.07, 6.45) is 0.319. The van der Waals surface area contributed by atoms with Crippen LogP contribution in [0.4, 0.5) is 0 Å². The first-order valence-corrected chi connectivity index (χ1v) is 4.52. The maximum atomic E-state index is 10.7. The number of nitriles is 1. The molecular formula is C11H11NO3. The molecule has 0 bridgehead atoms. The van der Waals surface area contributed by atoms with Crippen LogP contribution in [0.25, 0.3) is 0 Å². The number of aliphatic hydroxyl groups is 1. The molecule has 1 atom stereocenters. The van der Waals surface area contributed by atoms with Crippen molar-refractivity contribution >= 4 is 5.97 Å². The summed E-state index contributed by atoms with van der Waals surface area (Å²) in [7, 11) is 0. The summed E-state index contributed by atoms with van der Waals surface area (Å²) in [5.74, 6) is -1.47. The van der Waals surface area contributed by atoms with E-state index in [2.05, 4.69) is 0 Å². The summed E-state index contributed by atoms with van der Waals surface area (Å²) >= 11 is 0. The lowest BCUT2D eigenvalue weighted by atomic mass is 9.96. The minimum absolute atomic E-state index is 0.0878. The van der Waals surface area contributed by atoms with E-state index in [9.17, 15) is 4.79 Å². The fraction of sp³-hybridized carbons (Fsp3) is 0.273. The van der Waals surface area contributed by atoms with Crippen molar-refractivity contribution in [1.82, 2.24) is 0 Å². The SMILES string of the molecule is N#CC(CCO)c1cccc(C(=O)O)c1. The summed E-state index contributed by atoms with van der Waals surface area (Å²) in [6.45, 7) is -0.0878. The largest absolute Gasteiger partial charge is 0.478 e. The number of rotatable bonds is 4. The molecule has 15 heavy (non-hydrogen) atoms. The summed E-state index contributed by atoms with van der Waals surface area (Å²) < 4.78 is 0. The van der Waals surface area contributed by atoms with Crippen LogP contribution in [0, 0.1) is 11.3 Å². The molecule has 0 aliphatic carbocycles. The molecule has 0 fully saturated rings. The van der Waals surface area contributed by atoms with Crippen LogP contribution in [0.5, 0.6) is 0 Å². The van der Waals surface area contributed by atoms with Crippen LogP contribution in [0.1, 0.15) is 28.3 Å². The lowest BCUT2D eigenvalue weighted by molar-refractivity contribution is 0.0697. The average Bonchev–Trinajstić information content (AvgIpc) is 2.26. The Morgan fingerprint density at radius 3 is 2.80 bits per heavy atom. The molecule has 0 heterocycles. The summed E-state index contributed by atoms with van der Waals surface area (Å²) in [4.78, 5) is 10.7. The van der Waals surface area contributed by atoms with Gasteiger partial charge >= 0.3 is 5.97 Å². The van der Waals surface area contributed by atoms with E-state index in [1.165, 1.54) is 12.1 Å². The minimum Gasteiger partial charge on any atom is -0.478 e. The van der Waals surface area contributed by atoms with Crippen molar-refractivity contribution < 1.29 is 15.0 Å². The van der Waals surface area contributed by atoms with Crippen molar-refractivity contribution in [2.24, 2.45) is 0 Å². The number of hydrogen-bond donors (Lipinski definition) is 2. The van der Waals surface area contributed by atoms with Crippen molar-refractivity contribution in [1.29, 1.82) is 5.26 Å². The van der Waals surface area contributed by atoms with Crippen LogP contribution >= 0.6 is 0 Å². The number of hydrogen-bond acceptors (Lipinski definition) is 3. The van der Waals surface area contributed by atoms with Gasteiger partial charge in [-0.15, -0.1) is 0 Å². The lowest BCUT2D eigenvalue weighted by Crippen LogP contribution is -2.02. The molecule has 0 aliphatic rings. The van der Waals surface area contributed by atoms with Gasteiger partial charge in [0.1, 0.15) is 0 Å². The number of carboxylic acids is 1. The van der Waals surface area contributed by atoms with E-state index < -0.39 is 11.9 Å². The quantitative estimate of drug-likeness (QED) is 0.777. The number of aromatic carboxylic acids is 1. The molecule has 1 aromatic carbocycles. The van der Waals surface area contributed by atoms with Crippen molar-refractivity contribution in [2.45, 2.75) is 12.3 Å². The Balaban J connectivity index is 2.99. The smallest absolute Gasteiger partial charge is 0.335 e. The maximum Gasteiger partial charge on any atom is 0.335 e. The Kier molecular flexibility index (Phi) is 3.83. The van der Waals surface area contributed by atoms with Gasteiger partial charge < -0.3 is 10.2 Å². The minimum atomic E-state index is -1.02. The van der Waals surface area contributed by atoms with E-state index in [-0.39, 0.29) is 12.2 Å². The van der Waals surface area contributed by atoms with Gasteiger partial charge in [0.25, 0.3) is 0 Å². The van der Waals surface area contributed by atoms with Crippen molar-refractivity contribution in [3.8, 4) is 6.07 Å². The third-order valence-electron chi connectivity index (χ3n) is 2.11. The van der Waals surface area contributed by atoms with E-state index in [1.54, 1.807) is 12.1 Å². The summed E-state index contributed by atoms with van der Waals surface area (Å²) in [6, 6.07) is 8.26. The summed E-state index contributed by atoms with van der Waals surface area (Å²) in [5.41, 5.74) is 0.789. The molecule has 0 radical (unpaired) electrons. The number of carboxylic acid groups (broad SMARTS) is 1. The lowest BCUT2D eigenvalue weighted by Gasteiger charge is -2.07. The molecule has 0 amide bonds. The van der Waals surface area contributed by atoms with Gasteiger partial charge in [-0.05, 0) is 24.1 Å². The first kappa shape index (κ1) is 11.2. The molecule has 2 N–H and O–H groups in total. The van der Waals surface area contributed by atoms with Crippen molar-refractivity contribution in [3.63, 3.8) is 0 Å². The zero-order chi connectivity index (χ0) is 11.3. The predicted molar refractivity (Wildman–Crippen MR) is 53.5 cm³/mol. The zero-order valence-corrected chi connectivity index (χ0v) is 8.05. The van der Waals surface area contributed by atoms with Crippen LogP contribution in [-0.2, 0) is 0 Å². The second kappa shape index (κ2) is 5.13. The average molecular weight is 205 g/mol. The molecular weight excluding hydrogens is 194 g/mol. The first-order valence-electron chi connectivity index (χ1n) is 4.52. The van der Waals surface area contributed by atoms with E-state index in [0.29, 0.717) is 12.0 Å². The van der Waals surface area contributed by atoms with Crippen molar-refractivity contribution in [2.75, 3.05) is 6.61 Å². The van der Waals surface area contributed by atoms with Gasteiger partial charge in [0.2, 0.25) is 0 Å². The maximum absolute atomic E-state index is 10.7. The third-order valence-corrected chi connectivity index (χ3v) is 2.11. The molecule has 78 valence electrons. The van der Waals surface area contributed by atoms with Crippen LogP contribution in [0.2, 0.25) is 0 Å². The second-order valence-electron chi connectivity index (χ2n) is 3.12. The standard InChI is InChI=1S/C11H11NO3/c12-7-10(4-5-13)8-2-1-3-9(6-8)11(14)15/h1-3,6,10,13H,4-5H2,(H,14,15). The predicted octanol–water partition coefficient (Wildman–Crippen LogP) is 1.37. The monoisotopic (exact) mass is 205 g/mol. The van der Waals surface area contributed by atoms with E-state index in [0.717, 1.165) is 0 Å². The fourth-order valence-corrected chi connectivity index (χ4v) is 1.32. The van der Waals surface area contributed by atoms with E-state index >= 15 is 0 Å². The Hall–Kier alpha value is -1.86. The van der Waals surface area contributed by atoms with Gasteiger partial charge in [-0.1, -0.05) is 12.1 Å². The summed E-state index contributed by atoms with van der Waals surface area (Å²) in [5, 5.41) is 26.3. The highest BCUT2D eigenvalue weighted by Gasteiger charge is 2.11. The van der Waals surface area contributed by atoms with Crippen LogP contribution in [0.3, 0.4) is 0 Å². The third kappa shape index (κ3) is 2.79. The van der Waals surface area contributed by atoms with Gasteiger partial charge in [-0.25, -0.2) is 4.79 Å². The molecule has 0 saturated heterocycles. The Morgan fingerprint density at radius 1 is 1.53 bits per heavy atom. The molecule has 0 spiro atoms. The second-order valence-corrected chi connectivity index (χ2v) is 3.12. The van der Waals surface area contributed by atoms with E-state index in [4.69, 9.17) is 15.5 Å². The number of nitrogens with zero attached hydrogens (tertiary/aromatic N) is 1. The topological polar surface area (TPSA) is 81.3 Å². The Labute approximate surface area is 87.4 Å². The first-order chi connectivity index (χ1) is 7.19. The van der Waals surface area contributed by atoms with Gasteiger partial charge in [-0.2, -0.15) is 5.26 Å². The molecule has 1 aromatic rings. The number of aliphatic hydroxyl groups excluding tert-OH is 1. The van der Waals surface area contributed by atoms with Crippen LogP contribution < -0.4 is 0 Å². The molecule has 0 aliphatic heterocycles.